The van der Waals surface area contributed by atoms with Crippen molar-refractivity contribution >= 4 is 31.6 Å². The second-order valence-electron chi connectivity index (χ2n) is 4.85. The van der Waals surface area contributed by atoms with Crippen molar-refractivity contribution in [2.24, 2.45) is 5.14 Å². The molecule has 2 aromatic rings. The van der Waals surface area contributed by atoms with Crippen LogP contribution >= 0.6 is 11.3 Å². The number of halogens is 3. The number of fused-ring (bicyclic) bond motifs is 1. The van der Waals surface area contributed by atoms with Crippen LogP contribution in [0.5, 0.6) is 5.75 Å². The predicted octanol–water partition coefficient (Wildman–Crippen LogP) is 2.32. The summed E-state index contributed by atoms with van der Waals surface area (Å²) in [4.78, 5) is 0.0275. The number of rotatable bonds is 5. The van der Waals surface area contributed by atoms with Gasteiger partial charge in [0.15, 0.2) is 4.80 Å². The molecule has 2 rings (SSSR count). The highest BCUT2D eigenvalue weighted by Gasteiger charge is 2.31. The van der Waals surface area contributed by atoms with E-state index in [0.29, 0.717) is 16.6 Å². The number of alkyl halides is 3. The van der Waals surface area contributed by atoms with E-state index in [0.717, 1.165) is 17.4 Å². The van der Waals surface area contributed by atoms with Crippen molar-refractivity contribution in [1.82, 2.24) is 4.57 Å². The van der Waals surface area contributed by atoms with Crippen LogP contribution in [-0.4, -0.2) is 25.1 Å². The van der Waals surface area contributed by atoms with Crippen molar-refractivity contribution in [3.8, 4) is 5.75 Å². The molecule has 1 aromatic heterocycles. The van der Waals surface area contributed by atoms with Crippen LogP contribution in [0, 0.1) is 5.41 Å². The normalized spacial score (nSPS) is 14.1. The molecule has 0 fully saturated rings. The van der Waals surface area contributed by atoms with Crippen molar-refractivity contribution in [3.05, 3.63) is 23.0 Å². The molecule has 0 aliphatic heterocycles. The molecule has 0 bridgehead atoms. The van der Waals surface area contributed by atoms with Crippen molar-refractivity contribution in [2.75, 3.05) is 5.75 Å². The highest BCUT2D eigenvalue weighted by atomic mass is 32.2. The predicted molar refractivity (Wildman–Crippen MR) is 79.7 cm³/mol. The number of primary sulfonamides is 1. The highest BCUT2D eigenvalue weighted by Crippen LogP contribution is 2.29. The van der Waals surface area contributed by atoms with E-state index < -0.39 is 28.2 Å². The van der Waals surface area contributed by atoms with E-state index in [2.05, 4.69) is 4.74 Å². The number of nitrogens with two attached hydrogens (primary N) is 1. The van der Waals surface area contributed by atoms with Crippen molar-refractivity contribution in [1.29, 1.82) is 5.41 Å². The van der Waals surface area contributed by atoms with Gasteiger partial charge >= 0.3 is 6.36 Å². The molecule has 0 spiro atoms. The summed E-state index contributed by atoms with van der Waals surface area (Å²) in [5, 5.41) is 13.0. The summed E-state index contributed by atoms with van der Waals surface area (Å²) in [7, 11) is -3.75. The van der Waals surface area contributed by atoms with Gasteiger partial charge in [0.05, 0.1) is 22.0 Å². The average molecular weight is 369 g/mol. The second-order valence-corrected chi connectivity index (χ2v) is 7.54. The van der Waals surface area contributed by atoms with Gasteiger partial charge in [-0.2, -0.15) is 0 Å². The Morgan fingerprint density at radius 1 is 1.43 bits per heavy atom. The van der Waals surface area contributed by atoms with Gasteiger partial charge < -0.3 is 9.30 Å². The number of aromatic nitrogens is 1. The molecule has 128 valence electrons. The fraction of sp³-hybridized carbons (Fsp3) is 0.417. The van der Waals surface area contributed by atoms with E-state index in [1.165, 1.54) is 16.7 Å². The smallest absolute Gasteiger partial charge is 0.406 e. The summed E-state index contributed by atoms with van der Waals surface area (Å²) in [6.07, 6.45) is -4.40. The minimum atomic E-state index is -4.80. The Kier molecular flexibility index (Phi) is 4.74. The van der Waals surface area contributed by atoms with Crippen molar-refractivity contribution < 1.29 is 26.3 Å². The standard InChI is InChI=1S/C12H14F3N3O3S2/c1-2-7(6-23(17,19)20)18-9-4-3-8(21-12(13,14)15)5-10(9)22-11(18)16/h3-5,7,16H,2,6H2,1H3,(H2,17,19,20). The van der Waals surface area contributed by atoms with Crippen LogP contribution in [0.15, 0.2) is 18.2 Å². The van der Waals surface area contributed by atoms with E-state index in [1.54, 1.807) is 6.92 Å². The van der Waals surface area contributed by atoms with Crippen LogP contribution in [0.25, 0.3) is 10.2 Å². The van der Waals surface area contributed by atoms with Crippen LogP contribution in [0.4, 0.5) is 13.2 Å². The number of sulfonamides is 1. The minimum Gasteiger partial charge on any atom is -0.406 e. The van der Waals surface area contributed by atoms with Gasteiger partial charge in [-0.05, 0) is 24.6 Å². The quantitative estimate of drug-likeness (QED) is 0.846. The molecule has 1 atom stereocenters. The number of hydrogen-bond acceptors (Lipinski definition) is 5. The van der Waals surface area contributed by atoms with Crippen LogP contribution < -0.4 is 14.7 Å². The van der Waals surface area contributed by atoms with Gasteiger partial charge in [0.2, 0.25) is 10.0 Å². The first-order valence-electron chi connectivity index (χ1n) is 6.46. The van der Waals surface area contributed by atoms with E-state index in [-0.39, 0.29) is 10.6 Å². The number of hydrogen-bond donors (Lipinski definition) is 2. The van der Waals surface area contributed by atoms with Gasteiger partial charge in [0.25, 0.3) is 0 Å². The van der Waals surface area contributed by atoms with Gasteiger partial charge in [-0.25, -0.2) is 13.6 Å². The lowest BCUT2D eigenvalue weighted by atomic mass is 10.2. The Labute approximate surface area is 133 Å². The molecule has 3 N–H and O–H groups in total. The molecule has 0 saturated heterocycles. The second kappa shape index (κ2) is 6.13. The van der Waals surface area contributed by atoms with Gasteiger partial charge in [-0.15, -0.1) is 13.2 Å². The van der Waals surface area contributed by atoms with Gasteiger partial charge in [0, 0.05) is 0 Å². The van der Waals surface area contributed by atoms with Crippen LogP contribution in [0.2, 0.25) is 0 Å². The SMILES string of the molecule is CCC(CS(N)(=O)=O)n1c(=N)sc2cc(OC(F)(F)F)ccc21. The third-order valence-corrected chi connectivity index (χ3v) is 4.90. The number of ether oxygens (including phenoxy) is 1. The summed E-state index contributed by atoms with van der Waals surface area (Å²) >= 11 is 0.935. The first kappa shape index (κ1) is 17.8. The first-order chi connectivity index (χ1) is 10.5. The number of thiazole rings is 1. The fourth-order valence-corrected chi connectivity index (χ4v) is 4.16. The zero-order valence-electron chi connectivity index (χ0n) is 11.9. The zero-order chi connectivity index (χ0) is 17.4. The highest BCUT2D eigenvalue weighted by molar-refractivity contribution is 7.89. The molecular formula is C12H14F3N3O3S2. The monoisotopic (exact) mass is 369 g/mol. The Hall–Kier alpha value is -1.59. The summed E-state index contributed by atoms with van der Waals surface area (Å²) in [5.41, 5.74) is 0.463. The lowest BCUT2D eigenvalue weighted by Gasteiger charge is -2.17. The lowest BCUT2D eigenvalue weighted by molar-refractivity contribution is -0.274. The molecule has 0 aliphatic rings. The first-order valence-corrected chi connectivity index (χ1v) is 8.99. The Bertz CT molecular complexity index is 871. The van der Waals surface area contributed by atoms with E-state index in [4.69, 9.17) is 10.5 Å². The summed E-state index contributed by atoms with van der Waals surface area (Å²) < 4.78 is 65.1. The molecule has 0 radical (unpaired) electrons. The third kappa shape index (κ3) is 4.45. The Balaban J connectivity index is 2.50. The molecule has 0 aliphatic carbocycles. The lowest BCUT2D eigenvalue weighted by Crippen LogP contribution is -2.29. The van der Waals surface area contributed by atoms with E-state index in [1.807, 2.05) is 0 Å². The Morgan fingerprint density at radius 3 is 2.61 bits per heavy atom. The van der Waals surface area contributed by atoms with Gasteiger partial charge in [-0.1, -0.05) is 18.3 Å². The minimum absolute atomic E-state index is 0.0275. The number of benzene rings is 1. The zero-order valence-corrected chi connectivity index (χ0v) is 13.6. The summed E-state index contributed by atoms with van der Waals surface area (Å²) in [6, 6.07) is 3.10. The molecule has 1 unspecified atom stereocenters. The third-order valence-electron chi connectivity index (χ3n) is 3.11. The maximum atomic E-state index is 12.3. The van der Waals surface area contributed by atoms with Crippen LogP contribution in [0.1, 0.15) is 19.4 Å². The molecule has 0 saturated carbocycles. The summed E-state index contributed by atoms with van der Waals surface area (Å²) in [6.45, 7) is 1.74. The molecule has 1 heterocycles. The molecular weight excluding hydrogens is 355 g/mol. The average Bonchev–Trinajstić information content (AvgIpc) is 2.68. The van der Waals surface area contributed by atoms with Crippen LogP contribution in [-0.2, 0) is 10.0 Å². The molecule has 11 heteroatoms. The maximum Gasteiger partial charge on any atom is 0.573 e. The number of nitrogens with zero attached hydrogens (tertiary/aromatic N) is 1. The van der Waals surface area contributed by atoms with Crippen molar-refractivity contribution in [2.45, 2.75) is 25.7 Å². The molecule has 23 heavy (non-hydrogen) atoms. The molecule has 6 nitrogen and oxygen atoms in total. The molecule has 0 amide bonds. The van der Waals surface area contributed by atoms with E-state index >= 15 is 0 Å². The Morgan fingerprint density at radius 2 is 2.09 bits per heavy atom. The largest absolute Gasteiger partial charge is 0.573 e. The van der Waals surface area contributed by atoms with Gasteiger partial charge in [-0.3, -0.25) is 5.41 Å². The van der Waals surface area contributed by atoms with Gasteiger partial charge in [0.1, 0.15) is 5.75 Å². The fourth-order valence-electron chi connectivity index (χ4n) is 2.24. The number of nitrogens with one attached hydrogen (secondary N) is 1. The van der Waals surface area contributed by atoms with E-state index in [9.17, 15) is 21.6 Å². The van der Waals surface area contributed by atoms with Crippen molar-refractivity contribution in [3.63, 3.8) is 0 Å². The molecule has 1 aromatic carbocycles. The van der Waals surface area contributed by atoms with Crippen LogP contribution in [0.3, 0.4) is 0 Å². The summed E-state index contributed by atoms with van der Waals surface area (Å²) in [5.74, 6) is -0.745. The maximum absolute atomic E-state index is 12.3. The topological polar surface area (TPSA) is 98.2 Å².